The van der Waals surface area contributed by atoms with Gasteiger partial charge in [0.2, 0.25) is 5.91 Å². The van der Waals surface area contributed by atoms with Gasteiger partial charge in [-0.05, 0) is 51.5 Å². The molecule has 1 aliphatic carbocycles. The normalized spacial score (nSPS) is 18.4. The van der Waals surface area contributed by atoms with Crippen molar-refractivity contribution in [1.82, 2.24) is 5.32 Å². The second-order valence-corrected chi connectivity index (χ2v) is 7.70. The smallest absolute Gasteiger partial charge is 0.342 e. The molecule has 0 aromatic heterocycles. The van der Waals surface area contributed by atoms with Gasteiger partial charge in [-0.2, -0.15) is 0 Å². The molecule has 1 aromatic carbocycles. The number of rotatable bonds is 7. The largest absolute Gasteiger partial charge is 0.507 e. The molecule has 6 heteroatoms. The lowest BCUT2D eigenvalue weighted by Crippen LogP contribution is -2.34. The van der Waals surface area contributed by atoms with E-state index in [9.17, 15) is 14.7 Å². The number of methoxy groups -OCH3 is 1. The van der Waals surface area contributed by atoms with Crippen LogP contribution in [0, 0.1) is 6.92 Å². The number of amides is 1. The van der Waals surface area contributed by atoms with Crippen molar-refractivity contribution in [1.29, 1.82) is 0 Å². The topological polar surface area (TPSA) is 84.9 Å². The molecule has 6 nitrogen and oxygen atoms in total. The Morgan fingerprint density at radius 1 is 1.41 bits per heavy atom. The van der Waals surface area contributed by atoms with E-state index in [1.54, 1.807) is 7.11 Å². The van der Waals surface area contributed by atoms with Gasteiger partial charge in [0.15, 0.2) is 0 Å². The van der Waals surface area contributed by atoms with Crippen LogP contribution in [0.2, 0.25) is 0 Å². The molecule has 156 valence electrons. The monoisotopic (exact) mass is 399 g/mol. The number of carbonyl (C=O) groups is 2. The van der Waals surface area contributed by atoms with E-state index in [1.807, 2.05) is 19.9 Å². The summed E-state index contributed by atoms with van der Waals surface area (Å²) in [6.07, 6.45) is 10.8. The maximum Gasteiger partial charge on any atom is 0.342 e. The van der Waals surface area contributed by atoms with E-state index < -0.39 is 5.97 Å². The summed E-state index contributed by atoms with van der Waals surface area (Å²) < 4.78 is 10.6. The van der Waals surface area contributed by atoms with E-state index in [2.05, 4.69) is 17.5 Å². The van der Waals surface area contributed by atoms with E-state index >= 15 is 0 Å². The average Bonchev–Trinajstić information content (AvgIpc) is 3.11. The van der Waals surface area contributed by atoms with Crippen molar-refractivity contribution in [2.75, 3.05) is 7.11 Å². The number of allylic oxidation sites excluding steroid dienone is 3. The summed E-state index contributed by atoms with van der Waals surface area (Å²) in [7, 11) is 1.55. The maximum atomic E-state index is 12.2. The van der Waals surface area contributed by atoms with Crippen molar-refractivity contribution in [3.63, 3.8) is 0 Å². The lowest BCUT2D eigenvalue weighted by atomic mass is 9.94. The third-order valence-corrected chi connectivity index (χ3v) is 5.65. The number of hydrogen-bond acceptors (Lipinski definition) is 5. The molecule has 2 aliphatic rings. The number of nitrogens with one attached hydrogen (secondary N) is 1. The fraction of sp³-hybridized carbons (Fsp3) is 0.478. The Morgan fingerprint density at radius 2 is 2.21 bits per heavy atom. The maximum absolute atomic E-state index is 12.2. The Morgan fingerprint density at radius 3 is 2.90 bits per heavy atom. The van der Waals surface area contributed by atoms with Gasteiger partial charge < -0.3 is 19.9 Å². The van der Waals surface area contributed by atoms with Gasteiger partial charge in [-0.15, -0.1) is 0 Å². The molecule has 2 N–H and O–H groups in total. The molecule has 1 heterocycles. The van der Waals surface area contributed by atoms with Gasteiger partial charge in [-0.1, -0.05) is 23.8 Å². The summed E-state index contributed by atoms with van der Waals surface area (Å²) in [6, 6.07) is 0.149. The van der Waals surface area contributed by atoms with E-state index in [1.165, 1.54) is 0 Å². The van der Waals surface area contributed by atoms with Crippen molar-refractivity contribution in [2.24, 2.45) is 0 Å². The molecule has 0 saturated carbocycles. The molecule has 29 heavy (non-hydrogen) atoms. The SMILES string of the molecule is COc1c(C)c2c(c(O)c1CC=C(C)CCC(=O)NC1C=CCCC1)C(=O)OC2. The van der Waals surface area contributed by atoms with Crippen molar-refractivity contribution < 1.29 is 24.2 Å². The molecule has 0 fully saturated rings. The third kappa shape index (κ3) is 4.63. The van der Waals surface area contributed by atoms with Crippen molar-refractivity contribution in [3.05, 3.63) is 46.1 Å². The Hall–Kier alpha value is -2.76. The van der Waals surface area contributed by atoms with Crippen LogP contribution in [0.25, 0.3) is 0 Å². The minimum absolute atomic E-state index is 0.0471. The Bertz CT molecular complexity index is 869. The lowest BCUT2D eigenvalue weighted by molar-refractivity contribution is -0.121. The molecular weight excluding hydrogens is 370 g/mol. The number of benzene rings is 1. The summed E-state index contributed by atoms with van der Waals surface area (Å²) >= 11 is 0. The number of carbonyl (C=O) groups excluding carboxylic acids is 2. The fourth-order valence-electron chi connectivity index (χ4n) is 3.93. The minimum Gasteiger partial charge on any atom is -0.507 e. The Labute approximate surface area is 171 Å². The first kappa shape index (κ1) is 21.0. The van der Waals surface area contributed by atoms with E-state index in [0.717, 1.165) is 30.4 Å². The standard InChI is InChI=1S/C23H29NO5/c1-14(10-12-19(25)24-16-7-5-4-6-8-16)9-11-17-21(26)20-18(13-29-23(20)27)15(2)22(17)28-3/h5,7,9,16,26H,4,6,8,10-13H2,1-3H3,(H,24,25). The molecule has 0 bridgehead atoms. The summed E-state index contributed by atoms with van der Waals surface area (Å²) in [6.45, 7) is 3.99. The van der Waals surface area contributed by atoms with E-state index in [0.29, 0.717) is 36.1 Å². The predicted molar refractivity (Wildman–Crippen MR) is 110 cm³/mol. The first-order valence-electron chi connectivity index (χ1n) is 10.1. The van der Waals surface area contributed by atoms with Gasteiger partial charge in [0.05, 0.1) is 7.11 Å². The highest BCUT2D eigenvalue weighted by atomic mass is 16.5. The van der Waals surface area contributed by atoms with Crippen LogP contribution in [0.1, 0.15) is 66.1 Å². The number of fused-ring (bicyclic) bond motifs is 1. The van der Waals surface area contributed by atoms with Gasteiger partial charge in [0.25, 0.3) is 0 Å². The van der Waals surface area contributed by atoms with E-state index in [-0.39, 0.29) is 29.9 Å². The van der Waals surface area contributed by atoms with Gasteiger partial charge in [0.1, 0.15) is 23.7 Å². The highest BCUT2D eigenvalue weighted by Gasteiger charge is 2.31. The van der Waals surface area contributed by atoms with Crippen LogP contribution in [0.3, 0.4) is 0 Å². The number of esters is 1. The number of hydrogen-bond donors (Lipinski definition) is 2. The van der Waals surface area contributed by atoms with Crippen LogP contribution in [-0.2, 0) is 22.6 Å². The lowest BCUT2D eigenvalue weighted by Gasteiger charge is -2.18. The van der Waals surface area contributed by atoms with Gasteiger partial charge in [0, 0.05) is 23.6 Å². The highest BCUT2D eigenvalue weighted by Crippen LogP contribution is 2.42. The fourth-order valence-corrected chi connectivity index (χ4v) is 3.93. The number of phenolic OH excluding ortho intramolecular Hbond substituents is 1. The molecule has 0 saturated heterocycles. The van der Waals surface area contributed by atoms with Crippen molar-refractivity contribution in [2.45, 2.75) is 65.0 Å². The van der Waals surface area contributed by atoms with E-state index in [4.69, 9.17) is 9.47 Å². The summed E-state index contributed by atoms with van der Waals surface area (Å²) in [5.74, 6) is 0.0470. The number of aromatic hydroxyl groups is 1. The Kier molecular flexibility index (Phi) is 6.62. The van der Waals surface area contributed by atoms with Crippen LogP contribution in [0.15, 0.2) is 23.8 Å². The molecule has 3 rings (SSSR count). The van der Waals surface area contributed by atoms with Crippen molar-refractivity contribution >= 4 is 11.9 Å². The molecule has 0 spiro atoms. The van der Waals surface area contributed by atoms with Crippen LogP contribution < -0.4 is 10.1 Å². The molecule has 1 aromatic rings. The van der Waals surface area contributed by atoms with Gasteiger partial charge in [-0.3, -0.25) is 4.79 Å². The zero-order valence-corrected chi connectivity index (χ0v) is 17.3. The molecular formula is C23H29NO5. The van der Waals surface area contributed by atoms with Gasteiger partial charge in [-0.25, -0.2) is 4.79 Å². The van der Waals surface area contributed by atoms with Gasteiger partial charge >= 0.3 is 5.97 Å². The molecule has 1 amide bonds. The van der Waals surface area contributed by atoms with Crippen LogP contribution in [0.4, 0.5) is 0 Å². The molecule has 1 atom stereocenters. The number of phenols is 1. The third-order valence-electron chi connectivity index (χ3n) is 5.65. The first-order chi connectivity index (χ1) is 13.9. The second-order valence-electron chi connectivity index (χ2n) is 7.70. The quantitative estimate of drug-likeness (QED) is 0.537. The van der Waals surface area contributed by atoms with Crippen LogP contribution in [0.5, 0.6) is 11.5 Å². The summed E-state index contributed by atoms with van der Waals surface area (Å²) in [4.78, 5) is 24.2. The van der Waals surface area contributed by atoms with Crippen LogP contribution >= 0.6 is 0 Å². The highest BCUT2D eigenvalue weighted by molar-refractivity contribution is 5.98. The predicted octanol–water partition coefficient (Wildman–Crippen LogP) is 3.87. The van der Waals surface area contributed by atoms with Crippen LogP contribution in [-0.4, -0.2) is 30.1 Å². The minimum atomic E-state index is -0.501. The Balaban J connectivity index is 1.66. The molecule has 0 radical (unpaired) electrons. The first-order valence-corrected chi connectivity index (χ1v) is 10.1. The van der Waals surface area contributed by atoms with Crippen molar-refractivity contribution in [3.8, 4) is 11.5 Å². The molecule has 1 aliphatic heterocycles. The second kappa shape index (κ2) is 9.16. The zero-order valence-electron chi connectivity index (χ0n) is 17.3. The summed E-state index contributed by atoms with van der Waals surface area (Å²) in [5.41, 5.74) is 3.35. The zero-order chi connectivity index (χ0) is 21.0. The average molecular weight is 399 g/mol. The summed E-state index contributed by atoms with van der Waals surface area (Å²) in [5, 5.41) is 13.7. The number of ether oxygens (including phenoxy) is 2. The molecule has 1 unspecified atom stereocenters. The number of cyclic esters (lactones) is 1.